The molecule has 0 radical (unpaired) electrons. The molecule has 6 heteroatoms. The molecule has 0 spiro atoms. The van der Waals surface area contributed by atoms with Crippen molar-refractivity contribution < 1.29 is 4.79 Å². The van der Waals surface area contributed by atoms with Gasteiger partial charge in [-0.15, -0.1) is 10.2 Å². The van der Waals surface area contributed by atoms with E-state index >= 15 is 0 Å². The molecule has 0 atom stereocenters. The number of anilines is 1. The molecule has 1 aliphatic heterocycles. The lowest BCUT2D eigenvalue weighted by molar-refractivity contribution is 0.0909. The van der Waals surface area contributed by atoms with E-state index in [1.165, 1.54) is 12.8 Å². The fourth-order valence-electron chi connectivity index (χ4n) is 1.98. The number of nitrogens with zero attached hydrogens (tertiary/aromatic N) is 3. The Hall–Kier alpha value is -1.69. The number of rotatable bonds is 4. The predicted octanol–water partition coefficient (Wildman–Crippen LogP) is 0.544. The number of hydrogen-bond donors (Lipinski definition) is 2. The van der Waals surface area contributed by atoms with E-state index in [1.54, 1.807) is 6.07 Å². The van der Waals surface area contributed by atoms with E-state index in [1.807, 2.05) is 19.9 Å². The van der Waals surface area contributed by atoms with E-state index in [4.69, 9.17) is 5.73 Å². The molecule has 0 aromatic carbocycles. The highest BCUT2D eigenvalue weighted by molar-refractivity contribution is 5.92. The first-order chi connectivity index (χ1) is 9.02. The normalized spacial score (nSPS) is 15.6. The van der Waals surface area contributed by atoms with Gasteiger partial charge in [-0.3, -0.25) is 4.79 Å². The van der Waals surface area contributed by atoms with E-state index in [2.05, 4.69) is 20.4 Å². The molecule has 0 aliphatic carbocycles. The summed E-state index contributed by atoms with van der Waals surface area (Å²) in [4.78, 5) is 14.1. The Labute approximate surface area is 113 Å². The van der Waals surface area contributed by atoms with E-state index in [-0.39, 0.29) is 5.91 Å². The minimum atomic E-state index is -0.438. The number of carbonyl (C=O) groups excluding carboxylic acids is 1. The summed E-state index contributed by atoms with van der Waals surface area (Å²) in [5, 5.41) is 10.9. The Bertz CT molecular complexity index is 437. The Balaban J connectivity index is 2.03. The summed E-state index contributed by atoms with van der Waals surface area (Å²) in [5.74, 6) is 0.600. The van der Waals surface area contributed by atoms with Crippen LogP contribution < -0.4 is 16.0 Å². The molecular weight excluding hydrogens is 242 g/mol. The van der Waals surface area contributed by atoms with Crippen LogP contribution in [-0.2, 0) is 0 Å². The summed E-state index contributed by atoms with van der Waals surface area (Å²) >= 11 is 0. The number of carbonyl (C=O) groups is 1. The molecule has 0 unspecified atom stereocenters. The zero-order valence-electron chi connectivity index (χ0n) is 11.5. The van der Waals surface area contributed by atoms with Gasteiger partial charge in [0.05, 0.1) is 0 Å². The number of hydrogen-bond acceptors (Lipinski definition) is 5. The summed E-state index contributed by atoms with van der Waals surface area (Å²) in [5.41, 5.74) is 5.47. The van der Waals surface area contributed by atoms with E-state index in [0.717, 1.165) is 18.9 Å². The molecule has 2 heterocycles. The van der Waals surface area contributed by atoms with Crippen LogP contribution in [0.1, 0.15) is 37.2 Å². The first-order valence-corrected chi connectivity index (χ1v) is 6.63. The van der Waals surface area contributed by atoms with Crippen molar-refractivity contribution in [3.63, 3.8) is 0 Å². The topological polar surface area (TPSA) is 84.1 Å². The lowest BCUT2D eigenvalue weighted by Crippen LogP contribution is -2.49. The third-order valence-electron chi connectivity index (χ3n) is 3.28. The molecule has 1 saturated heterocycles. The van der Waals surface area contributed by atoms with Crippen LogP contribution in [0.5, 0.6) is 0 Å². The van der Waals surface area contributed by atoms with Crippen molar-refractivity contribution in [1.82, 2.24) is 15.5 Å². The Morgan fingerprint density at radius 2 is 2.05 bits per heavy atom. The minimum absolute atomic E-state index is 0.240. The number of nitrogens with two attached hydrogens (primary N) is 1. The molecule has 2 rings (SSSR count). The molecule has 104 valence electrons. The second kappa shape index (κ2) is 5.52. The van der Waals surface area contributed by atoms with Crippen molar-refractivity contribution in [1.29, 1.82) is 0 Å². The lowest BCUT2D eigenvalue weighted by Gasteiger charge is -2.23. The first-order valence-electron chi connectivity index (χ1n) is 6.63. The van der Waals surface area contributed by atoms with Crippen molar-refractivity contribution in [3.05, 3.63) is 17.8 Å². The highest BCUT2D eigenvalue weighted by atomic mass is 16.2. The molecule has 1 aromatic heterocycles. The highest BCUT2D eigenvalue weighted by Crippen LogP contribution is 2.16. The van der Waals surface area contributed by atoms with Crippen molar-refractivity contribution in [2.45, 2.75) is 32.2 Å². The zero-order valence-corrected chi connectivity index (χ0v) is 11.5. The second-order valence-electron chi connectivity index (χ2n) is 5.51. The summed E-state index contributed by atoms with van der Waals surface area (Å²) in [6.07, 6.45) is 2.38. The van der Waals surface area contributed by atoms with Gasteiger partial charge in [0.25, 0.3) is 5.91 Å². The van der Waals surface area contributed by atoms with Crippen LogP contribution in [0, 0.1) is 0 Å². The summed E-state index contributed by atoms with van der Waals surface area (Å²) in [7, 11) is 0. The first kappa shape index (κ1) is 13.7. The third-order valence-corrected chi connectivity index (χ3v) is 3.28. The molecule has 6 nitrogen and oxygen atoms in total. The molecule has 1 aliphatic rings. The quantitative estimate of drug-likeness (QED) is 0.828. The average Bonchev–Trinajstić information content (AvgIpc) is 2.92. The number of amides is 1. The van der Waals surface area contributed by atoms with Crippen LogP contribution in [0.2, 0.25) is 0 Å². The standard InChI is InChI=1S/C13H21N5O/c1-13(2,9-14)15-12(19)10-5-6-11(17-16-10)18-7-3-4-8-18/h5-6H,3-4,7-9,14H2,1-2H3,(H,15,19). The number of aromatic nitrogens is 2. The maximum absolute atomic E-state index is 12.0. The Morgan fingerprint density at radius 3 is 2.58 bits per heavy atom. The monoisotopic (exact) mass is 263 g/mol. The maximum Gasteiger partial charge on any atom is 0.272 e. The predicted molar refractivity (Wildman–Crippen MR) is 74.1 cm³/mol. The summed E-state index contributed by atoms with van der Waals surface area (Å²) < 4.78 is 0. The van der Waals surface area contributed by atoms with Gasteiger partial charge in [-0.2, -0.15) is 0 Å². The fraction of sp³-hybridized carbons (Fsp3) is 0.615. The molecule has 0 bridgehead atoms. The van der Waals surface area contributed by atoms with Crippen molar-refractivity contribution >= 4 is 11.7 Å². The van der Waals surface area contributed by atoms with E-state index in [9.17, 15) is 4.79 Å². The van der Waals surface area contributed by atoms with Crippen molar-refractivity contribution in [2.75, 3.05) is 24.5 Å². The van der Waals surface area contributed by atoms with Gasteiger partial charge < -0.3 is 16.0 Å². The highest BCUT2D eigenvalue weighted by Gasteiger charge is 2.21. The van der Waals surface area contributed by atoms with Gasteiger partial charge in [-0.25, -0.2) is 0 Å². The van der Waals surface area contributed by atoms with Crippen molar-refractivity contribution in [3.8, 4) is 0 Å². The molecular formula is C13H21N5O. The molecule has 1 aromatic rings. The van der Waals surface area contributed by atoms with E-state index < -0.39 is 5.54 Å². The van der Waals surface area contributed by atoms with Crippen LogP contribution >= 0.6 is 0 Å². The van der Waals surface area contributed by atoms with Crippen LogP contribution in [0.4, 0.5) is 5.82 Å². The Kier molecular flexibility index (Phi) is 3.99. The van der Waals surface area contributed by atoms with Gasteiger partial charge in [0.2, 0.25) is 0 Å². The largest absolute Gasteiger partial charge is 0.355 e. The molecule has 0 saturated carbocycles. The third kappa shape index (κ3) is 3.41. The summed E-state index contributed by atoms with van der Waals surface area (Å²) in [6, 6.07) is 3.56. The summed E-state index contributed by atoms with van der Waals surface area (Å²) in [6.45, 7) is 6.15. The van der Waals surface area contributed by atoms with Crippen LogP contribution in [0.15, 0.2) is 12.1 Å². The second-order valence-corrected chi connectivity index (χ2v) is 5.51. The fourth-order valence-corrected chi connectivity index (χ4v) is 1.98. The van der Waals surface area contributed by atoms with Gasteiger partial charge in [0.15, 0.2) is 11.5 Å². The van der Waals surface area contributed by atoms with Gasteiger partial charge in [-0.05, 0) is 38.8 Å². The van der Waals surface area contributed by atoms with Crippen LogP contribution in [-0.4, -0.2) is 41.3 Å². The molecule has 19 heavy (non-hydrogen) atoms. The SMILES string of the molecule is CC(C)(CN)NC(=O)c1ccc(N2CCCC2)nn1. The van der Waals surface area contributed by atoms with E-state index in [0.29, 0.717) is 12.2 Å². The molecule has 3 N–H and O–H groups in total. The van der Waals surface area contributed by atoms with Crippen LogP contribution in [0.25, 0.3) is 0 Å². The maximum atomic E-state index is 12.0. The van der Waals surface area contributed by atoms with Gasteiger partial charge in [-0.1, -0.05) is 0 Å². The Morgan fingerprint density at radius 1 is 1.37 bits per heavy atom. The van der Waals surface area contributed by atoms with Crippen LogP contribution in [0.3, 0.4) is 0 Å². The smallest absolute Gasteiger partial charge is 0.272 e. The van der Waals surface area contributed by atoms with Crippen molar-refractivity contribution in [2.24, 2.45) is 5.73 Å². The van der Waals surface area contributed by atoms with Gasteiger partial charge in [0, 0.05) is 25.2 Å². The minimum Gasteiger partial charge on any atom is -0.355 e. The van der Waals surface area contributed by atoms with Gasteiger partial charge in [0.1, 0.15) is 0 Å². The zero-order chi connectivity index (χ0) is 13.9. The molecule has 1 fully saturated rings. The number of nitrogens with one attached hydrogen (secondary N) is 1. The molecule has 1 amide bonds. The average molecular weight is 263 g/mol. The van der Waals surface area contributed by atoms with Gasteiger partial charge >= 0.3 is 0 Å². The lowest BCUT2D eigenvalue weighted by atomic mass is 10.1.